The predicted octanol–water partition coefficient (Wildman–Crippen LogP) is 4.05. The number of nitrogens with one attached hydrogen (secondary N) is 1. The number of nitrogens with zero attached hydrogens (tertiary/aromatic N) is 1. The molecule has 1 aliphatic rings. The van der Waals surface area contributed by atoms with Gasteiger partial charge in [-0.1, -0.05) is 42.5 Å². The molecule has 0 saturated heterocycles. The summed E-state index contributed by atoms with van der Waals surface area (Å²) in [4.78, 5) is 23.8. The molecule has 148 valence electrons. The van der Waals surface area contributed by atoms with E-state index >= 15 is 0 Å². The molecule has 0 saturated carbocycles. The Morgan fingerprint density at radius 2 is 1.87 bits per heavy atom. The highest BCUT2D eigenvalue weighted by Gasteiger charge is 2.20. The fourth-order valence-corrected chi connectivity index (χ4v) is 3.90. The van der Waals surface area contributed by atoms with Gasteiger partial charge in [0.05, 0.1) is 23.0 Å². The highest BCUT2D eigenvalue weighted by molar-refractivity contribution is 5.92. The summed E-state index contributed by atoms with van der Waals surface area (Å²) in [6.45, 7) is 0.819. The van der Waals surface area contributed by atoms with E-state index in [1.54, 1.807) is 28.9 Å². The number of carboxylic acid groups (broad SMARTS) is 1. The number of aromatic amines is 1. The Bertz CT molecular complexity index is 1380. The minimum atomic E-state index is -0.990. The lowest BCUT2D eigenvalue weighted by Gasteiger charge is -2.12. The van der Waals surface area contributed by atoms with Crippen molar-refractivity contribution in [3.05, 3.63) is 105 Å². The van der Waals surface area contributed by atoms with Crippen LogP contribution in [0.3, 0.4) is 0 Å². The van der Waals surface area contributed by atoms with E-state index in [1.807, 2.05) is 48.5 Å². The fraction of sp³-hybridized carbons (Fsp3) is 0.0833. The Balaban J connectivity index is 1.68. The van der Waals surface area contributed by atoms with Crippen LogP contribution in [-0.2, 0) is 13.2 Å². The van der Waals surface area contributed by atoms with Gasteiger partial charge in [-0.25, -0.2) is 4.79 Å². The maximum Gasteiger partial charge on any atom is 0.335 e. The molecule has 0 bridgehead atoms. The molecule has 0 amide bonds. The van der Waals surface area contributed by atoms with Gasteiger partial charge < -0.3 is 9.84 Å². The summed E-state index contributed by atoms with van der Waals surface area (Å²) in [7, 11) is 0. The minimum absolute atomic E-state index is 0.137. The molecule has 1 aromatic heterocycles. The van der Waals surface area contributed by atoms with Crippen molar-refractivity contribution in [1.82, 2.24) is 9.78 Å². The molecule has 6 nitrogen and oxygen atoms in total. The third-order valence-electron chi connectivity index (χ3n) is 5.36. The molecule has 0 radical (unpaired) electrons. The first-order chi connectivity index (χ1) is 14.6. The van der Waals surface area contributed by atoms with E-state index in [9.17, 15) is 14.7 Å². The normalized spacial score (nSPS) is 14.1. The third kappa shape index (κ3) is 2.99. The molecule has 3 aromatic carbocycles. The number of benzene rings is 3. The summed E-state index contributed by atoms with van der Waals surface area (Å²) in [6, 6.07) is 20.2. The number of rotatable bonds is 3. The van der Waals surface area contributed by atoms with E-state index in [0.717, 1.165) is 27.8 Å². The van der Waals surface area contributed by atoms with Crippen LogP contribution in [0, 0.1) is 0 Å². The monoisotopic (exact) mass is 398 g/mol. The van der Waals surface area contributed by atoms with E-state index in [4.69, 9.17) is 4.74 Å². The standard InChI is InChI=1S/C24H18N2O4/c27-23-19-7-3-4-8-21(19)26(25-23)12-11-18-17-6-2-1-5-16(17)14-30-22-10-9-15(24(28)29)13-20(18)22/h1-11,13H,12,14H2,(H,25,27)(H,28,29). The number of para-hydroxylation sites is 1. The number of carbonyl (C=O) groups is 1. The lowest BCUT2D eigenvalue weighted by atomic mass is 9.93. The van der Waals surface area contributed by atoms with Crippen LogP contribution in [0.1, 0.15) is 27.0 Å². The molecule has 5 rings (SSSR count). The van der Waals surface area contributed by atoms with Gasteiger partial charge in [0, 0.05) is 5.56 Å². The van der Waals surface area contributed by atoms with Gasteiger partial charge in [0.15, 0.2) is 0 Å². The SMILES string of the molecule is O=C(O)c1ccc2c(c1)C(=CCn1[nH]c(=O)c3ccccc31)c1ccccc1CO2. The van der Waals surface area contributed by atoms with Crippen molar-refractivity contribution in [2.45, 2.75) is 13.2 Å². The van der Waals surface area contributed by atoms with Crippen molar-refractivity contribution in [2.75, 3.05) is 0 Å². The van der Waals surface area contributed by atoms with Crippen molar-refractivity contribution in [2.24, 2.45) is 0 Å². The molecule has 2 heterocycles. The molecule has 0 atom stereocenters. The second kappa shape index (κ2) is 7.08. The number of ether oxygens (including phenoxy) is 1. The molecule has 30 heavy (non-hydrogen) atoms. The van der Waals surface area contributed by atoms with E-state index in [0.29, 0.717) is 24.3 Å². The lowest BCUT2D eigenvalue weighted by molar-refractivity contribution is 0.0697. The summed E-state index contributed by atoms with van der Waals surface area (Å²) in [5.41, 5.74) is 4.47. The zero-order chi connectivity index (χ0) is 20.7. The minimum Gasteiger partial charge on any atom is -0.488 e. The first-order valence-corrected chi connectivity index (χ1v) is 9.58. The Labute approximate surface area is 171 Å². The summed E-state index contributed by atoms with van der Waals surface area (Å²) in [6.07, 6.45) is 2.00. The number of hydrogen-bond acceptors (Lipinski definition) is 3. The highest BCUT2D eigenvalue weighted by Crippen LogP contribution is 2.37. The van der Waals surface area contributed by atoms with Gasteiger partial charge >= 0.3 is 5.97 Å². The van der Waals surface area contributed by atoms with Crippen molar-refractivity contribution in [3.63, 3.8) is 0 Å². The molecule has 0 aliphatic carbocycles. The van der Waals surface area contributed by atoms with Crippen molar-refractivity contribution in [1.29, 1.82) is 0 Å². The number of allylic oxidation sites excluding steroid dienone is 1. The Morgan fingerprint density at radius 3 is 2.73 bits per heavy atom. The largest absolute Gasteiger partial charge is 0.488 e. The van der Waals surface area contributed by atoms with Crippen LogP contribution in [0.5, 0.6) is 5.75 Å². The Kier molecular flexibility index (Phi) is 4.25. The molecule has 0 fully saturated rings. The molecule has 0 unspecified atom stereocenters. The quantitative estimate of drug-likeness (QED) is 0.545. The lowest BCUT2D eigenvalue weighted by Crippen LogP contribution is -2.05. The fourth-order valence-electron chi connectivity index (χ4n) is 3.90. The van der Waals surface area contributed by atoms with Crippen LogP contribution >= 0.6 is 0 Å². The Hall–Kier alpha value is -4.06. The predicted molar refractivity (Wildman–Crippen MR) is 114 cm³/mol. The molecule has 0 spiro atoms. The average molecular weight is 398 g/mol. The molecule has 6 heteroatoms. The average Bonchev–Trinajstić information content (AvgIpc) is 3.00. The van der Waals surface area contributed by atoms with Crippen LogP contribution in [0.15, 0.2) is 77.6 Å². The number of carboxylic acids is 1. The zero-order valence-electron chi connectivity index (χ0n) is 16.0. The van der Waals surface area contributed by atoms with Gasteiger partial charge in [-0.05, 0) is 47.0 Å². The Morgan fingerprint density at radius 1 is 1.07 bits per heavy atom. The summed E-state index contributed by atoms with van der Waals surface area (Å²) < 4.78 is 7.76. The van der Waals surface area contributed by atoms with Crippen molar-refractivity contribution in [3.8, 4) is 5.75 Å². The van der Waals surface area contributed by atoms with Crippen LogP contribution in [0.2, 0.25) is 0 Å². The number of H-pyrrole nitrogens is 1. The second-order valence-corrected chi connectivity index (χ2v) is 7.15. The van der Waals surface area contributed by atoms with Crippen molar-refractivity contribution >= 4 is 22.4 Å². The van der Waals surface area contributed by atoms with Crippen LogP contribution in [-0.4, -0.2) is 20.9 Å². The van der Waals surface area contributed by atoms with E-state index in [1.165, 1.54) is 0 Å². The van der Waals surface area contributed by atoms with Gasteiger partial charge in [0.1, 0.15) is 12.4 Å². The summed E-state index contributed by atoms with van der Waals surface area (Å²) in [5, 5.41) is 13.0. The smallest absolute Gasteiger partial charge is 0.335 e. The molecule has 2 N–H and O–H groups in total. The zero-order valence-corrected chi connectivity index (χ0v) is 16.0. The second-order valence-electron chi connectivity index (χ2n) is 7.15. The van der Waals surface area contributed by atoms with E-state index < -0.39 is 5.97 Å². The number of aromatic carboxylic acids is 1. The van der Waals surface area contributed by atoms with E-state index in [2.05, 4.69) is 5.10 Å². The van der Waals surface area contributed by atoms with Gasteiger partial charge in [-0.2, -0.15) is 0 Å². The summed E-state index contributed by atoms with van der Waals surface area (Å²) >= 11 is 0. The van der Waals surface area contributed by atoms with Gasteiger partial charge in [0.25, 0.3) is 5.56 Å². The van der Waals surface area contributed by atoms with Gasteiger partial charge in [-0.15, -0.1) is 0 Å². The first kappa shape index (κ1) is 18.0. The summed E-state index contributed by atoms with van der Waals surface area (Å²) in [5.74, 6) is -0.358. The number of fused-ring (bicyclic) bond motifs is 3. The van der Waals surface area contributed by atoms with Crippen LogP contribution in [0.25, 0.3) is 16.5 Å². The van der Waals surface area contributed by atoms with Gasteiger partial charge in [0.2, 0.25) is 0 Å². The maximum atomic E-state index is 12.2. The van der Waals surface area contributed by atoms with Crippen LogP contribution < -0.4 is 10.3 Å². The van der Waals surface area contributed by atoms with Crippen molar-refractivity contribution < 1.29 is 14.6 Å². The first-order valence-electron chi connectivity index (χ1n) is 9.58. The molecular weight excluding hydrogens is 380 g/mol. The maximum absolute atomic E-state index is 12.2. The number of hydrogen-bond donors (Lipinski definition) is 2. The molecular formula is C24H18N2O4. The topological polar surface area (TPSA) is 84.3 Å². The van der Waals surface area contributed by atoms with E-state index in [-0.39, 0.29) is 11.1 Å². The highest BCUT2D eigenvalue weighted by atomic mass is 16.5. The molecule has 4 aromatic rings. The third-order valence-corrected chi connectivity index (χ3v) is 5.36. The number of aromatic nitrogens is 2. The van der Waals surface area contributed by atoms with Gasteiger partial charge in [-0.3, -0.25) is 14.6 Å². The molecule has 1 aliphatic heterocycles. The van der Waals surface area contributed by atoms with Crippen LogP contribution in [0.4, 0.5) is 0 Å².